The van der Waals surface area contributed by atoms with Gasteiger partial charge in [-0.15, -0.1) is 0 Å². The van der Waals surface area contributed by atoms with Crippen LogP contribution in [0.2, 0.25) is 0 Å². The topological polar surface area (TPSA) is 53.4 Å². The highest BCUT2D eigenvalue weighted by molar-refractivity contribution is 6.59. The maximum atomic E-state index is 12.5. The third kappa shape index (κ3) is 3.20. The molecule has 0 unspecified atom stereocenters. The zero-order valence-electron chi connectivity index (χ0n) is 9.71. The summed E-state index contributed by atoms with van der Waals surface area (Å²) in [6.07, 6.45) is -3.85. The van der Waals surface area contributed by atoms with Crippen molar-refractivity contribution in [3.8, 4) is 0 Å². The Morgan fingerprint density at radius 3 is 2.06 bits per heavy atom. The van der Waals surface area contributed by atoms with Gasteiger partial charge in [-0.1, -0.05) is 20.8 Å². The SMILES string of the molecule is CC(C)(C)c1ncc(C(F)(F)F)cc1B(O)O. The molecule has 0 atom stereocenters. The van der Waals surface area contributed by atoms with Crippen LogP contribution in [-0.2, 0) is 11.6 Å². The minimum Gasteiger partial charge on any atom is -0.423 e. The highest BCUT2D eigenvalue weighted by atomic mass is 19.4. The van der Waals surface area contributed by atoms with E-state index >= 15 is 0 Å². The van der Waals surface area contributed by atoms with E-state index in [0.29, 0.717) is 6.20 Å². The highest BCUT2D eigenvalue weighted by Crippen LogP contribution is 2.29. The van der Waals surface area contributed by atoms with Crippen LogP contribution in [0.3, 0.4) is 0 Å². The number of hydrogen-bond acceptors (Lipinski definition) is 3. The summed E-state index contributed by atoms with van der Waals surface area (Å²) in [5, 5.41) is 18.2. The van der Waals surface area contributed by atoms with Crippen molar-refractivity contribution in [1.29, 1.82) is 0 Å². The molecule has 1 rings (SSSR count). The molecule has 1 aromatic heterocycles. The van der Waals surface area contributed by atoms with Crippen LogP contribution < -0.4 is 5.46 Å². The monoisotopic (exact) mass is 247 g/mol. The number of alkyl halides is 3. The Morgan fingerprint density at radius 1 is 1.18 bits per heavy atom. The average molecular weight is 247 g/mol. The first-order valence-corrected chi connectivity index (χ1v) is 4.97. The summed E-state index contributed by atoms with van der Waals surface area (Å²) in [7, 11) is -1.97. The molecule has 0 saturated heterocycles. The maximum absolute atomic E-state index is 12.5. The van der Waals surface area contributed by atoms with Gasteiger partial charge in [-0.25, -0.2) is 0 Å². The minimum absolute atomic E-state index is 0.215. The van der Waals surface area contributed by atoms with Crippen LogP contribution >= 0.6 is 0 Å². The van der Waals surface area contributed by atoms with Crippen molar-refractivity contribution in [2.24, 2.45) is 0 Å². The standard InChI is InChI=1S/C10H13BF3NO2/c1-9(2,3)8-7(11(16)17)4-6(5-15-8)10(12,13)14/h4-5,16-17H,1-3H3. The van der Waals surface area contributed by atoms with Gasteiger partial charge < -0.3 is 10.0 Å². The lowest BCUT2D eigenvalue weighted by molar-refractivity contribution is -0.137. The van der Waals surface area contributed by atoms with Gasteiger partial charge in [0.1, 0.15) is 0 Å². The first kappa shape index (κ1) is 14.0. The molecule has 1 heterocycles. The van der Waals surface area contributed by atoms with E-state index in [-0.39, 0.29) is 11.2 Å². The molecular formula is C10H13BF3NO2. The van der Waals surface area contributed by atoms with Crippen molar-refractivity contribution in [3.05, 3.63) is 23.5 Å². The van der Waals surface area contributed by atoms with Crippen LogP contribution in [0.5, 0.6) is 0 Å². The Bertz CT molecular complexity index is 413. The minimum atomic E-state index is -4.55. The molecule has 0 radical (unpaired) electrons. The van der Waals surface area contributed by atoms with Gasteiger partial charge in [-0.2, -0.15) is 13.2 Å². The molecular weight excluding hydrogens is 234 g/mol. The van der Waals surface area contributed by atoms with Crippen LogP contribution in [0, 0.1) is 0 Å². The van der Waals surface area contributed by atoms with Gasteiger partial charge >= 0.3 is 13.3 Å². The first-order chi connectivity index (χ1) is 7.53. The van der Waals surface area contributed by atoms with Crippen molar-refractivity contribution in [3.63, 3.8) is 0 Å². The molecule has 7 heteroatoms. The van der Waals surface area contributed by atoms with Crippen LogP contribution in [0.1, 0.15) is 32.0 Å². The largest absolute Gasteiger partial charge is 0.490 e. The predicted octanol–water partition coefficient (Wildman–Crippen LogP) is 1.08. The summed E-state index contributed by atoms with van der Waals surface area (Å²) in [5.41, 5.74) is -1.54. The highest BCUT2D eigenvalue weighted by Gasteiger charge is 2.34. The Kier molecular flexibility index (Phi) is 3.54. The summed E-state index contributed by atoms with van der Waals surface area (Å²) in [6, 6.07) is 0.720. The van der Waals surface area contributed by atoms with E-state index in [1.807, 2.05) is 0 Å². The average Bonchev–Trinajstić information content (AvgIpc) is 2.14. The quantitative estimate of drug-likeness (QED) is 0.730. The zero-order valence-corrected chi connectivity index (χ0v) is 9.71. The van der Waals surface area contributed by atoms with Gasteiger partial charge in [-0.05, 0) is 6.07 Å². The smallest absolute Gasteiger partial charge is 0.423 e. The summed E-state index contributed by atoms with van der Waals surface area (Å²) in [4.78, 5) is 3.70. The molecule has 0 amide bonds. The summed E-state index contributed by atoms with van der Waals surface area (Å²) in [5.74, 6) is 0. The molecule has 0 bridgehead atoms. The van der Waals surface area contributed by atoms with Gasteiger partial charge in [0.2, 0.25) is 0 Å². The number of hydrogen-bond donors (Lipinski definition) is 2. The van der Waals surface area contributed by atoms with E-state index in [0.717, 1.165) is 6.07 Å². The van der Waals surface area contributed by atoms with E-state index in [1.165, 1.54) is 0 Å². The molecule has 0 aromatic carbocycles. The summed E-state index contributed by atoms with van der Waals surface area (Å²) in [6.45, 7) is 5.19. The molecule has 0 saturated carbocycles. The lowest BCUT2D eigenvalue weighted by Crippen LogP contribution is -2.39. The van der Waals surface area contributed by atoms with Gasteiger partial charge in [-0.3, -0.25) is 4.98 Å². The van der Waals surface area contributed by atoms with Crippen LogP contribution in [0.4, 0.5) is 13.2 Å². The third-order valence-corrected chi connectivity index (χ3v) is 2.23. The van der Waals surface area contributed by atoms with Crippen LogP contribution in [-0.4, -0.2) is 22.2 Å². The van der Waals surface area contributed by atoms with Crippen molar-refractivity contribution >= 4 is 12.6 Å². The lowest BCUT2D eigenvalue weighted by Gasteiger charge is -2.22. The molecule has 94 valence electrons. The van der Waals surface area contributed by atoms with Crippen molar-refractivity contribution in [2.75, 3.05) is 0 Å². The normalized spacial score (nSPS) is 12.7. The van der Waals surface area contributed by atoms with E-state index in [2.05, 4.69) is 4.98 Å². The Hall–Kier alpha value is -1.08. The number of rotatable bonds is 1. The van der Waals surface area contributed by atoms with Crippen molar-refractivity contribution in [2.45, 2.75) is 32.4 Å². The molecule has 0 spiro atoms. The predicted molar refractivity (Wildman–Crippen MR) is 57.8 cm³/mol. The number of halogens is 3. The van der Waals surface area contributed by atoms with Crippen LogP contribution in [0.15, 0.2) is 12.3 Å². The number of pyridine rings is 1. The zero-order chi connectivity index (χ0) is 13.4. The van der Waals surface area contributed by atoms with E-state index < -0.39 is 24.3 Å². The Labute approximate surface area is 97.5 Å². The molecule has 0 fully saturated rings. The van der Waals surface area contributed by atoms with E-state index in [9.17, 15) is 13.2 Å². The molecule has 2 N–H and O–H groups in total. The van der Waals surface area contributed by atoms with Gasteiger partial charge in [0.05, 0.1) is 5.56 Å². The Balaban J connectivity index is 3.38. The Morgan fingerprint density at radius 2 is 1.71 bits per heavy atom. The molecule has 17 heavy (non-hydrogen) atoms. The molecule has 3 nitrogen and oxygen atoms in total. The molecule has 0 aliphatic rings. The van der Waals surface area contributed by atoms with Crippen molar-refractivity contribution in [1.82, 2.24) is 4.98 Å². The van der Waals surface area contributed by atoms with Crippen LogP contribution in [0.25, 0.3) is 0 Å². The van der Waals surface area contributed by atoms with Gasteiger partial charge in [0.25, 0.3) is 0 Å². The molecule has 1 aromatic rings. The summed E-state index contributed by atoms with van der Waals surface area (Å²) >= 11 is 0. The molecule has 0 aliphatic heterocycles. The van der Waals surface area contributed by atoms with Crippen molar-refractivity contribution < 1.29 is 23.2 Å². The lowest BCUT2D eigenvalue weighted by atomic mass is 9.72. The maximum Gasteiger partial charge on any atom is 0.490 e. The van der Waals surface area contributed by atoms with Gasteiger partial charge in [0, 0.05) is 22.8 Å². The third-order valence-electron chi connectivity index (χ3n) is 2.23. The van der Waals surface area contributed by atoms with Gasteiger partial charge in [0.15, 0.2) is 0 Å². The fourth-order valence-electron chi connectivity index (χ4n) is 1.46. The second-order valence-corrected chi connectivity index (χ2v) is 4.78. The number of nitrogens with zero attached hydrogens (tertiary/aromatic N) is 1. The summed E-state index contributed by atoms with van der Waals surface area (Å²) < 4.78 is 37.4. The first-order valence-electron chi connectivity index (χ1n) is 4.97. The second-order valence-electron chi connectivity index (χ2n) is 4.78. The fourth-order valence-corrected chi connectivity index (χ4v) is 1.46. The second kappa shape index (κ2) is 4.31. The van der Waals surface area contributed by atoms with E-state index in [1.54, 1.807) is 20.8 Å². The molecule has 0 aliphatic carbocycles. The van der Waals surface area contributed by atoms with E-state index in [4.69, 9.17) is 10.0 Å². The number of aromatic nitrogens is 1. The fraction of sp³-hybridized carbons (Fsp3) is 0.500.